The van der Waals surface area contributed by atoms with E-state index >= 15 is 0 Å². The smallest absolute Gasteiger partial charge is 0.151 e. The van der Waals surface area contributed by atoms with Gasteiger partial charge in [0.15, 0.2) is 4.27 Å². The topological polar surface area (TPSA) is 20.2 Å². The Labute approximate surface area is 77.0 Å². The maximum absolute atomic E-state index is 8.55. The van der Waals surface area contributed by atoms with Crippen LogP contribution in [-0.4, -0.2) is 38.9 Å². The molecule has 0 unspecified atom stereocenters. The summed E-state index contributed by atoms with van der Waals surface area (Å²) in [4.78, 5) is 0. The molecule has 0 saturated heterocycles. The molecule has 0 heterocycles. The third kappa shape index (κ3) is 11.3. The summed E-state index contributed by atoms with van der Waals surface area (Å²) in [5.74, 6) is 0. The normalized spacial score (nSPS) is 10.3. The first-order chi connectivity index (χ1) is 2.56. The van der Waals surface area contributed by atoms with Crippen molar-refractivity contribution in [2.75, 3.05) is 0 Å². The second-order valence-corrected chi connectivity index (χ2v) is 2.96. The number of hydrogen-bond donors (Lipinski definition) is 3. The zero-order chi connectivity index (χ0) is 5.21. The molecule has 1 nitrogen and oxygen atoms in total. The Kier molecular flexibility index (Phi) is 7.41. The first-order valence-electron chi connectivity index (χ1n) is 1.73. The molecule has 0 spiro atoms. The first kappa shape index (κ1) is 11.5. The SMILES string of the molecule is CCC(O)(S)S.[Na]. The Balaban J connectivity index is 0. The van der Waals surface area contributed by atoms with Gasteiger partial charge in [-0.3, -0.25) is 0 Å². The van der Waals surface area contributed by atoms with Crippen molar-refractivity contribution in [3.63, 3.8) is 0 Å². The molecule has 7 heavy (non-hydrogen) atoms. The minimum Gasteiger partial charge on any atom is -0.371 e. The number of rotatable bonds is 1. The predicted octanol–water partition coefficient (Wildman–Crippen LogP) is 0.521. The number of aliphatic hydroxyl groups is 1. The molecule has 0 aliphatic carbocycles. The van der Waals surface area contributed by atoms with Crippen LogP contribution in [0.25, 0.3) is 0 Å². The van der Waals surface area contributed by atoms with Gasteiger partial charge in [-0.1, -0.05) is 6.92 Å². The van der Waals surface area contributed by atoms with Gasteiger partial charge in [0.2, 0.25) is 0 Å². The van der Waals surface area contributed by atoms with Crippen LogP contribution >= 0.6 is 25.3 Å². The molecule has 0 saturated carbocycles. The summed E-state index contributed by atoms with van der Waals surface area (Å²) in [6.07, 6.45) is 0.555. The van der Waals surface area contributed by atoms with Crippen LogP contribution in [0.1, 0.15) is 13.3 Å². The Morgan fingerprint density at radius 1 is 1.57 bits per heavy atom. The van der Waals surface area contributed by atoms with Gasteiger partial charge in [-0.15, -0.1) is 25.3 Å². The summed E-state index contributed by atoms with van der Waals surface area (Å²) < 4.78 is -1.07. The molecule has 0 fully saturated rings. The molecule has 0 aliphatic rings. The standard InChI is InChI=1S/C3H8OS2.Na/c1-2-3(4,5)6;/h4-6H,2H2,1H3;. The van der Waals surface area contributed by atoms with Crippen LogP contribution in [0, 0.1) is 0 Å². The molecule has 0 atom stereocenters. The molecule has 4 heteroatoms. The summed E-state index contributed by atoms with van der Waals surface area (Å²) >= 11 is 7.35. The summed E-state index contributed by atoms with van der Waals surface area (Å²) in [6, 6.07) is 0. The fourth-order valence-corrected chi connectivity index (χ4v) is 0. The Morgan fingerprint density at radius 2 is 1.71 bits per heavy atom. The summed E-state index contributed by atoms with van der Waals surface area (Å²) in [5.41, 5.74) is 0. The van der Waals surface area contributed by atoms with Gasteiger partial charge in [0, 0.05) is 29.6 Å². The van der Waals surface area contributed by atoms with Crippen molar-refractivity contribution < 1.29 is 5.11 Å². The van der Waals surface area contributed by atoms with Crippen molar-refractivity contribution in [1.29, 1.82) is 0 Å². The zero-order valence-electron chi connectivity index (χ0n) is 4.55. The maximum Gasteiger partial charge on any atom is 0.151 e. The van der Waals surface area contributed by atoms with Crippen molar-refractivity contribution in [3.8, 4) is 0 Å². The van der Waals surface area contributed by atoms with Crippen molar-refractivity contribution >= 4 is 54.8 Å². The Bertz CT molecular complexity index is 42.7. The molecule has 0 aromatic rings. The van der Waals surface area contributed by atoms with Gasteiger partial charge in [0.05, 0.1) is 0 Å². The molecule has 0 aromatic heterocycles. The Hall–Kier alpha value is 1.66. The molecule has 0 amide bonds. The molecular formula is C3H8NaOS2. The number of thiol groups is 2. The third-order valence-corrected chi connectivity index (χ3v) is 1.11. The van der Waals surface area contributed by atoms with Crippen molar-refractivity contribution in [1.82, 2.24) is 0 Å². The van der Waals surface area contributed by atoms with Gasteiger partial charge in [0.25, 0.3) is 0 Å². The average molecular weight is 147 g/mol. The van der Waals surface area contributed by atoms with Crippen LogP contribution in [0.3, 0.4) is 0 Å². The van der Waals surface area contributed by atoms with E-state index in [9.17, 15) is 0 Å². The van der Waals surface area contributed by atoms with Crippen molar-refractivity contribution in [3.05, 3.63) is 0 Å². The molecule has 0 rings (SSSR count). The van der Waals surface area contributed by atoms with Crippen molar-refractivity contribution in [2.24, 2.45) is 0 Å². The second kappa shape index (κ2) is 4.53. The minimum absolute atomic E-state index is 0. The molecule has 0 aliphatic heterocycles. The van der Waals surface area contributed by atoms with E-state index in [1.807, 2.05) is 0 Å². The third-order valence-electron chi connectivity index (χ3n) is 0.474. The average Bonchev–Trinajstić information content (AvgIpc) is 1.35. The van der Waals surface area contributed by atoms with E-state index in [1.54, 1.807) is 6.92 Å². The Morgan fingerprint density at radius 3 is 1.71 bits per heavy atom. The quantitative estimate of drug-likeness (QED) is 0.280. The van der Waals surface area contributed by atoms with E-state index in [0.717, 1.165) is 0 Å². The van der Waals surface area contributed by atoms with Gasteiger partial charge in [0.1, 0.15) is 0 Å². The predicted molar refractivity (Wildman–Crippen MR) is 39.0 cm³/mol. The first-order valence-corrected chi connectivity index (χ1v) is 2.63. The van der Waals surface area contributed by atoms with Crippen LogP contribution in [0.15, 0.2) is 0 Å². The molecule has 1 N–H and O–H groups in total. The van der Waals surface area contributed by atoms with E-state index in [-0.39, 0.29) is 29.6 Å². The molecule has 0 bridgehead atoms. The van der Waals surface area contributed by atoms with E-state index in [0.29, 0.717) is 6.42 Å². The fourth-order valence-electron chi connectivity index (χ4n) is 0. The summed E-state index contributed by atoms with van der Waals surface area (Å²) in [6.45, 7) is 1.81. The largest absolute Gasteiger partial charge is 0.371 e. The van der Waals surface area contributed by atoms with E-state index < -0.39 is 4.27 Å². The van der Waals surface area contributed by atoms with E-state index in [1.165, 1.54) is 0 Å². The molecule has 1 radical (unpaired) electrons. The van der Waals surface area contributed by atoms with Crippen LogP contribution in [0.5, 0.6) is 0 Å². The van der Waals surface area contributed by atoms with Crippen molar-refractivity contribution in [2.45, 2.75) is 17.6 Å². The van der Waals surface area contributed by atoms with Gasteiger partial charge in [-0.2, -0.15) is 0 Å². The molecule has 0 aromatic carbocycles. The summed E-state index contributed by atoms with van der Waals surface area (Å²) in [5, 5.41) is 8.55. The van der Waals surface area contributed by atoms with Crippen LogP contribution in [0.2, 0.25) is 0 Å². The minimum atomic E-state index is -1.07. The second-order valence-electron chi connectivity index (χ2n) is 1.13. The van der Waals surface area contributed by atoms with Crippen LogP contribution in [0.4, 0.5) is 0 Å². The maximum atomic E-state index is 8.55. The van der Waals surface area contributed by atoms with Crippen LogP contribution in [-0.2, 0) is 0 Å². The van der Waals surface area contributed by atoms with Gasteiger partial charge in [-0.05, 0) is 6.42 Å². The monoisotopic (exact) mass is 147 g/mol. The van der Waals surface area contributed by atoms with Gasteiger partial charge < -0.3 is 5.11 Å². The number of hydrogen-bond acceptors (Lipinski definition) is 3. The van der Waals surface area contributed by atoms with Gasteiger partial charge in [-0.25, -0.2) is 0 Å². The van der Waals surface area contributed by atoms with E-state index in [2.05, 4.69) is 25.3 Å². The summed E-state index contributed by atoms with van der Waals surface area (Å²) in [7, 11) is 0. The zero-order valence-corrected chi connectivity index (χ0v) is 8.34. The molecular weight excluding hydrogens is 139 g/mol. The fraction of sp³-hybridized carbons (Fsp3) is 1.00. The molecule has 39 valence electrons. The van der Waals surface area contributed by atoms with Crippen LogP contribution < -0.4 is 0 Å². The van der Waals surface area contributed by atoms with E-state index in [4.69, 9.17) is 5.11 Å². The van der Waals surface area contributed by atoms with Gasteiger partial charge >= 0.3 is 0 Å².